The molecule has 1 aromatic heterocycles. The van der Waals surface area contributed by atoms with Gasteiger partial charge in [-0.25, -0.2) is 17.5 Å². The molecular formula is C24H35FN6O3S. The molecule has 1 aromatic carbocycles. The van der Waals surface area contributed by atoms with Crippen LogP contribution in [0.1, 0.15) is 46.1 Å². The summed E-state index contributed by atoms with van der Waals surface area (Å²) < 4.78 is 44.7. The van der Waals surface area contributed by atoms with Crippen molar-refractivity contribution in [2.75, 3.05) is 44.3 Å². The van der Waals surface area contributed by atoms with Gasteiger partial charge in [0, 0.05) is 61.3 Å². The number of aromatic nitrogens is 2. The van der Waals surface area contributed by atoms with Crippen LogP contribution in [0.25, 0.3) is 10.9 Å². The Bertz CT molecular complexity index is 1220. The Hall–Kier alpha value is -2.24. The van der Waals surface area contributed by atoms with Gasteiger partial charge in [-0.2, -0.15) is 5.10 Å². The summed E-state index contributed by atoms with van der Waals surface area (Å²) in [6.45, 7) is 8.27. The fourth-order valence-electron chi connectivity index (χ4n) is 5.12. The number of carbonyl (C=O) groups excluding carboxylic acids is 1. The van der Waals surface area contributed by atoms with Gasteiger partial charge in [0.15, 0.2) is 0 Å². The van der Waals surface area contributed by atoms with Gasteiger partial charge in [0.1, 0.15) is 6.67 Å². The molecule has 9 nitrogen and oxygen atoms in total. The zero-order chi connectivity index (χ0) is 25.0. The van der Waals surface area contributed by atoms with E-state index in [1.54, 1.807) is 18.3 Å². The third kappa shape index (κ3) is 4.77. The number of nitrogens with zero attached hydrogens (tertiary/aromatic N) is 4. The van der Waals surface area contributed by atoms with Crippen molar-refractivity contribution >= 4 is 32.5 Å². The Balaban J connectivity index is 1.52. The predicted octanol–water partition coefficient (Wildman–Crippen LogP) is 2.04. The number of anilines is 1. The Kier molecular flexibility index (Phi) is 6.29. The summed E-state index contributed by atoms with van der Waals surface area (Å²) in [5, 5.41) is 8.68. The van der Waals surface area contributed by atoms with Gasteiger partial charge in [-0.15, -0.1) is 0 Å². The minimum atomic E-state index is -3.74. The number of nitrogens with one attached hydrogen (secondary N) is 2. The highest BCUT2D eigenvalue weighted by molar-refractivity contribution is 7.89. The van der Waals surface area contributed by atoms with Crippen LogP contribution in [0.2, 0.25) is 0 Å². The van der Waals surface area contributed by atoms with Crippen LogP contribution in [-0.2, 0) is 14.8 Å². The summed E-state index contributed by atoms with van der Waals surface area (Å²) in [5.74, 6) is 0.0833. The van der Waals surface area contributed by atoms with E-state index in [4.69, 9.17) is 0 Å². The van der Waals surface area contributed by atoms with Gasteiger partial charge in [-0.1, -0.05) is 13.8 Å². The van der Waals surface area contributed by atoms with E-state index in [9.17, 15) is 17.6 Å². The molecule has 0 bridgehead atoms. The van der Waals surface area contributed by atoms with Crippen LogP contribution in [0.5, 0.6) is 0 Å². The zero-order valence-corrected chi connectivity index (χ0v) is 21.4. The average Bonchev–Trinajstić information content (AvgIpc) is 3.22. The number of carbonyl (C=O) groups is 1. The molecule has 1 amide bonds. The molecule has 5 rings (SSSR count). The molecule has 0 spiro atoms. The lowest BCUT2D eigenvalue weighted by Crippen LogP contribution is -2.50. The van der Waals surface area contributed by atoms with Gasteiger partial charge in [0.05, 0.1) is 22.7 Å². The minimum Gasteiger partial charge on any atom is -0.367 e. The lowest BCUT2D eigenvalue weighted by atomic mass is 10.1. The quantitative estimate of drug-likeness (QED) is 0.596. The van der Waals surface area contributed by atoms with Crippen molar-refractivity contribution in [2.45, 2.75) is 62.6 Å². The van der Waals surface area contributed by atoms with E-state index in [1.807, 2.05) is 30.4 Å². The lowest BCUT2D eigenvalue weighted by molar-refractivity contribution is -0.134. The SMILES string of the molecule is CC(C)C(=O)N1CCN(c2cc(S(=O)(=O)NC3(C)CC3)cc3c2cnn3[C@@H]2CN[C@H](CF)C2)CC1. The molecule has 1 aliphatic carbocycles. The Morgan fingerprint density at radius 1 is 1.26 bits per heavy atom. The van der Waals surface area contributed by atoms with Crippen molar-refractivity contribution in [3.05, 3.63) is 18.3 Å². The van der Waals surface area contributed by atoms with Gasteiger partial charge in [-0.3, -0.25) is 9.48 Å². The molecule has 2 saturated heterocycles. The second-order valence-corrected chi connectivity index (χ2v) is 12.4. The maximum absolute atomic E-state index is 13.4. The highest BCUT2D eigenvalue weighted by Gasteiger charge is 2.41. The zero-order valence-electron chi connectivity index (χ0n) is 20.6. The average molecular weight is 507 g/mol. The Labute approximate surface area is 206 Å². The van der Waals surface area contributed by atoms with E-state index in [0.717, 1.165) is 29.4 Å². The molecule has 192 valence electrons. The van der Waals surface area contributed by atoms with Crippen molar-refractivity contribution in [3.8, 4) is 0 Å². The molecule has 2 aliphatic heterocycles. The maximum atomic E-state index is 13.4. The fraction of sp³-hybridized carbons (Fsp3) is 0.667. The summed E-state index contributed by atoms with van der Waals surface area (Å²) in [6.07, 6.45) is 4.03. The van der Waals surface area contributed by atoms with Crippen LogP contribution in [0.15, 0.2) is 23.2 Å². The molecule has 35 heavy (non-hydrogen) atoms. The van der Waals surface area contributed by atoms with Gasteiger partial charge in [0.25, 0.3) is 0 Å². The summed E-state index contributed by atoms with van der Waals surface area (Å²) in [5.41, 5.74) is 1.15. The van der Waals surface area contributed by atoms with Crippen LogP contribution in [0.3, 0.4) is 0 Å². The van der Waals surface area contributed by atoms with Gasteiger partial charge >= 0.3 is 0 Å². The fourth-order valence-corrected chi connectivity index (χ4v) is 6.62. The van der Waals surface area contributed by atoms with Crippen LogP contribution in [0.4, 0.5) is 10.1 Å². The summed E-state index contributed by atoms with van der Waals surface area (Å²) >= 11 is 0. The van der Waals surface area contributed by atoms with Crippen molar-refractivity contribution in [1.29, 1.82) is 0 Å². The second kappa shape index (κ2) is 9.01. The van der Waals surface area contributed by atoms with E-state index in [-0.39, 0.29) is 34.3 Å². The highest BCUT2D eigenvalue weighted by Crippen LogP contribution is 2.38. The van der Waals surface area contributed by atoms with E-state index in [2.05, 4.69) is 20.0 Å². The van der Waals surface area contributed by atoms with Crippen molar-refractivity contribution in [2.24, 2.45) is 5.92 Å². The molecular weight excluding hydrogens is 471 g/mol. The lowest BCUT2D eigenvalue weighted by Gasteiger charge is -2.37. The van der Waals surface area contributed by atoms with Crippen molar-refractivity contribution < 1.29 is 17.6 Å². The van der Waals surface area contributed by atoms with Crippen LogP contribution in [0, 0.1) is 5.92 Å². The number of alkyl halides is 1. The number of sulfonamides is 1. The van der Waals surface area contributed by atoms with Crippen LogP contribution in [-0.4, -0.2) is 80.0 Å². The van der Waals surface area contributed by atoms with E-state index in [1.165, 1.54) is 0 Å². The molecule has 0 unspecified atom stereocenters. The largest absolute Gasteiger partial charge is 0.367 e. The number of amides is 1. The molecule has 2 N–H and O–H groups in total. The number of hydrogen-bond acceptors (Lipinski definition) is 6. The number of rotatable bonds is 7. The van der Waals surface area contributed by atoms with Crippen molar-refractivity contribution in [3.63, 3.8) is 0 Å². The first-order valence-electron chi connectivity index (χ1n) is 12.5. The molecule has 0 radical (unpaired) electrons. The molecule has 3 aliphatic rings. The number of halogens is 1. The van der Waals surface area contributed by atoms with Crippen molar-refractivity contribution in [1.82, 2.24) is 24.7 Å². The number of fused-ring (bicyclic) bond motifs is 1. The topological polar surface area (TPSA) is 99.6 Å². The first-order chi connectivity index (χ1) is 16.6. The Morgan fingerprint density at radius 2 is 1.97 bits per heavy atom. The summed E-state index contributed by atoms with van der Waals surface area (Å²) in [7, 11) is -3.74. The number of piperazine rings is 1. The first kappa shape index (κ1) is 24.5. The van der Waals surface area contributed by atoms with E-state index < -0.39 is 16.7 Å². The second-order valence-electron chi connectivity index (χ2n) is 10.7. The third-order valence-electron chi connectivity index (χ3n) is 7.52. The monoisotopic (exact) mass is 506 g/mol. The molecule has 11 heteroatoms. The maximum Gasteiger partial charge on any atom is 0.241 e. The molecule has 2 aromatic rings. The predicted molar refractivity (Wildman–Crippen MR) is 133 cm³/mol. The van der Waals surface area contributed by atoms with E-state index in [0.29, 0.717) is 39.1 Å². The number of hydrogen-bond donors (Lipinski definition) is 2. The normalized spacial score (nSPS) is 24.5. The molecule has 2 atom stereocenters. The number of benzene rings is 1. The van der Waals surface area contributed by atoms with Gasteiger partial charge in [-0.05, 0) is 38.3 Å². The first-order valence-corrected chi connectivity index (χ1v) is 14.0. The molecule has 1 saturated carbocycles. The molecule has 3 heterocycles. The minimum absolute atomic E-state index is 0.0477. The smallest absolute Gasteiger partial charge is 0.241 e. The van der Waals surface area contributed by atoms with Gasteiger partial charge in [0.2, 0.25) is 15.9 Å². The summed E-state index contributed by atoms with van der Waals surface area (Å²) in [6, 6.07) is 3.17. The van der Waals surface area contributed by atoms with Gasteiger partial charge < -0.3 is 15.1 Å². The highest BCUT2D eigenvalue weighted by atomic mass is 32.2. The van der Waals surface area contributed by atoms with Crippen LogP contribution < -0.4 is 14.9 Å². The van der Waals surface area contributed by atoms with E-state index >= 15 is 0 Å². The summed E-state index contributed by atoms with van der Waals surface area (Å²) in [4.78, 5) is 16.7. The molecule has 3 fully saturated rings. The van der Waals surface area contributed by atoms with Crippen LogP contribution >= 0.6 is 0 Å². The standard InChI is InChI=1S/C24H35FN6O3S/c1-16(2)23(32)30-8-6-29(7-9-30)21-11-19(35(33,34)28-24(3)4-5-24)12-22-20(21)15-27-31(22)18-10-17(13-25)26-14-18/h11-12,15-18,26,28H,4-10,13-14H2,1-3H3/t17-,18-/m0/s1. The third-order valence-corrected chi connectivity index (χ3v) is 9.13. The Morgan fingerprint density at radius 3 is 2.57 bits per heavy atom.